The van der Waals surface area contributed by atoms with Crippen LogP contribution in [0.15, 0.2) is 34.3 Å². The van der Waals surface area contributed by atoms with Gasteiger partial charge in [0.2, 0.25) is 0 Å². The van der Waals surface area contributed by atoms with E-state index in [0.29, 0.717) is 17.6 Å². The lowest BCUT2D eigenvalue weighted by Crippen LogP contribution is -2.25. The molecule has 1 aromatic carbocycles. The second-order valence-corrected chi connectivity index (χ2v) is 7.69. The summed E-state index contributed by atoms with van der Waals surface area (Å²) in [7, 11) is 0. The van der Waals surface area contributed by atoms with Crippen LogP contribution in [0.25, 0.3) is 11.0 Å². The van der Waals surface area contributed by atoms with Gasteiger partial charge in [0.05, 0.1) is 0 Å². The number of hydrogen-bond donors (Lipinski definition) is 1. The maximum Gasteiger partial charge on any atom is 0.134 e. The van der Waals surface area contributed by atoms with E-state index in [2.05, 4.69) is 26.8 Å². The quantitative estimate of drug-likeness (QED) is 0.617. The summed E-state index contributed by atoms with van der Waals surface area (Å²) in [4.78, 5) is 0. The van der Waals surface area contributed by atoms with Gasteiger partial charge in [-0.2, -0.15) is 0 Å². The van der Waals surface area contributed by atoms with Gasteiger partial charge in [0.15, 0.2) is 0 Å². The second-order valence-electron chi connectivity index (χ2n) is 7.69. The van der Waals surface area contributed by atoms with E-state index in [-0.39, 0.29) is 5.41 Å². The van der Waals surface area contributed by atoms with Crippen LogP contribution >= 0.6 is 0 Å². The molecule has 116 valence electrons. The van der Waals surface area contributed by atoms with E-state index >= 15 is 0 Å². The highest BCUT2D eigenvalue weighted by Gasteiger charge is 2.39. The Labute approximate surface area is 131 Å². The van der Waals surface area contributed by atoms with Gasteiger partial charge in [0.1, 0.15) is 17.1 Å². The molecule has 0 bridgehead atoms. The number of hydrogen-bond acceptors (Lipinski definition) is 2. The summed E-state index contributed by atoms with van der Waals surface area (Å²) in [6.45, 7) is 7.00. The van der Waals surface area contributed by atoms with Crippen LogP contribution in [-0.4, -0.2) is 5.11 Å². The van der Waals surface area contributed by atoms with Gasteiger partial charge in [-0.05, 0) is 42.9 Å². The molecule has 4 rings (SSSR count). The van der Waals surface area contributed by atoms with E-state index in [1.54, 1.807) is 11.6 Å². The van der Waals surface area contributed by atoms with E-state index in [4.69, 9.17) is 4.42 Å². The third-order valence-electron chi connectivity index (χ3n) is 5.68. The van der Waals surface area contributed by atoms with Crippen LogP contribution in [0.1, 0.15) is 69.6 Å². The Bertz CT molecular complexity index is 763. The average molecular weight is 296 g/mol. The smallest absolute Gasteiger partial charge is 0.134 e. The van der Waals surface area contributed by atoms with Crippen molar-refractivity contribution in [2.75, 3.05) is 0 Å². The summed E-state index contributed by atoms with van der Waals surface area (Å²) < 4.78 is 6.21. The molecule has 0 spiro atoms. The molecule has 2 heteroatoms. The fourth-order valence-corrected chi connectivity index (χ4v) is 4.50. The molecule has 0 radical (unpaired) electrons. The zero-order valence-electron chi connectivity index (χ0n) is 13.6. The van der Waals surface area contributed by atoms with Crippen LogP contribution in [0.4, 0.5) is 0 Å². The highest BCUT2D eigenvalue weighted by atomic mass is 16.3. The number of benzene rings is 1. The molecule has 2 aromatic rings. The number of rotatable bonds is 0. The van der Waals surface area contributed by atoms with Crippen LogP contribution in [0.2, 0.25) is 0 Å². The lowest BCUT2D eigenvalue weighted by molar-refractivity contribution is 0.314. The van der Waals surface area contributed by atoms with E-state index < -0.39 is 0 Å². The number of aromatic hydroxyl groups is 1. The number of allylic oxidation sites excluding steroid dienone is 2. The average Bonchev–Trinajstić information content (AvgIpc) is 2.76. The van der Waals surface area contributed by atoms with Crippen LogP contribution in [0.5, 0.6) is 5.75 Å². The fraction of sp³-hybridized carbons (Fsp3) is 0.500. The van der Waals surface area contributed by atoms with Crippen molar-refractivity contribution in [1.29, 1.82) is 0 Å². The molecule has 0 unspecified atom stereocenters. The first-order valence-corrected chi connectivity index (χ1v) is 8.43. The molecule has 1 saturated carbocycles. The molecule has 1 N–H and O–H groups in total. The van der Waals surface area contributed by atoms with E-state index in [1.165, 1.54) is 24.8 Å². The van der Waals surface area contributed by atoms with Crippen LogP contribution in [0.3, 0.4) is 0 Å². The van der Waals surface area contributed by atoms with E-state index in [0.717, 1.165) is 23.2 Å². The molecule has 2 aliphatic carbocycles. The van der Waals surface area contributed by atoms with Crippen molar-refractivity contribution in [3.8, 4) is 5.75 Å². The second kappa shape index (κ2) is 4.65. The maximum atomic E-state index is 9.93. The van der Waals surface area contributed by atoms with Gasteiger partial charge in [-0.25, -0.2) is 0 Å². The first kappa shape index (κ1) is 13.9. The van der Waals surface area contributed by atoms with Gasteiger partial charge < -0.3 is 9.52 Å². The van der Waals surface area contributed by atoms with Crippen LogP contribution in [-0.2, 0) is 0 Å². The highest BCUT2D eigenvalue weighted by molar-refractivity contribution is 5.85. The van der Waals surface area contributed by atoms with Crippen LogP contribution in [0, 0.1) is 5.41 Å². The van der Waals surface area contributed by atoms with Crippen molar-refractivity contribution in [3.63, 3.8) is 0 Å². The minimum atomic E-state index is 0.269. The Morgan fingerprint density at radius 3 is 2.91 bits per heavy atom. The van der Waals surface area contributed by atoms with Crippen molar-refractivity contribution in [3.05, 3.63) is 41.2 Å². The lowest BCUT2D eigenvalue weighted by atomic mass is 9.66. The molecule has 2 nitrogen and oxygen atoms in total. The normalized spacial score (nSPS) is 27.0. The van der Waals surface area contributed by atoms with E-state index in [9.17, 15) is 5.11 Å². The summed E-state index contributed by atoms with van der Waals surface area (Å²) >= 11 is 0. The van der Waals surface area contributed by atoms with Gasteiger partial charge in [0.25, 0.3) is 0 Å². The molecule has 1 fully saturated rings. The Morgan fingerprint density at radius 2 is 2.09 bits per heavy atom. The van der Waals surface area contributed by atoms with Crippen molar-refractivity contribution < 1.29 is 9.52 Å². The molecule has 0 saturated heterocycles. The Kier molecular flexibility index (Phi) is 2.94. The summed E-state index contributed by atoms with van der Waals surface area (Å²) in [5.74, 6) is 2.31. The van der Waals surface area contributed by atoms with Gasteiger partial charge in [0, 0.05) is 22.8 Å². The standard InChI is InChI=1S/C20H24O2/c1-12-6-8-16-14(5-4-10-20(16,2)3)18-15-11-13(21)7-9-17(15)22-19(12)18/h7-9,11-12,14,21H,4-6,10H2,1-3H3/t12-,14+/m0/s1. The van der Waals surface area contributed by atoms with Crippen molar-refractivity contribution >= 4 is 11.0 Å². The minimum absolute atomic E-state index is 0.269. The largest absolute Gasteiger partial charge is 0.508 e. The van der Waals surface area contributed by atoms with Crippen molar-refractivity contribution in [2.24, 2.45) is 5.41 Å². The lowest BCUT2D eigenvalue weighted by Gasteiger charge is -2.38. The predicted octanol–water partition coefficient (Wildman–Crippen LogP) is 5.87. The summed E-state index contributed by atoms with van der Waals surface area (Å²) in [5.41, 5.74) is 4.11. The monoisotopic (exact) mass is 296 g/mol. The van der Waals surface area contributed by atoms with Crippen LogP contribution < -0.4 is 0 Å². The summed E-state index contributed by atoms with van der Waals surface area (Å²) in [6, 6.07) is 5.51. The summed E-state index contributed by atoms with van der Waals surface area (Å²) in [6.07, 6.45) is 7.24. The molecule has 2 aliphatic rings. The predicted molar refractivity (Wildman–Crippen MR) is 89.4 cm³/mol. The zero-order valence-corrected chi connectivity index (χ0v) is 13.6. The number of phenolic OH excluding ortho intramolecular Hbond substituents is 1. The SMILES string of the molecule is C[C@H]1CC=C2[C@@H](CCCC2(C)C)c2c1oc1ccc(O)cc21. The molecule has 1 aromatic heterocycles. The Morgan fingerprint density at radius 1 is 1.27 bits per heavy atom. The fourth-order valence-electron chi connectivity index (χ4n) is 4.50. The topological polar surface area (TPSA) is 33.4 Å². The number of fused-ring (bicyclic) bond motifs is 5. The molecular formula is C20H24O2. The molecule has 22 heavy (non-hydrogen) atoms. The number of phenols is 1. The molecule has 2 atom stereocenters. The minimum Gasteiger partial charge on any atom is -0.508 e. The van der Waals surface area contributed by atoms with Crippen molar-refractivity contribution in [1.82, 2.24) is 0 Å². The Hall–Kier alpha value is -1.70. The zero-order chi connectivity index (χ0) is 15.5. The van der Waals surface area contributed by atoms with E-state index in [1.807, 2.05) is 12.1 Å². The maximum absolute atomic E-state index is 9.93. The first-order chi connectivity index (χ1) is 10.5. The van der Waals surface area contributed by atoms with Gasteiger partial charge in [-0.15, -0.1) is 0 Å². The highest BCUT2D eigenvalue weighted by Crippen LogP contribution is 2.54. The van der Waals surface area contributed by atoms with Crippen molar-refractivity contribution in [2.45, 2.75) is 58.3 Å². The van der Waals surface area contributed by atoms with Gasteiger partial charge >= 0.3 is 0 Å². The molecule has 1 heterocycles. The number of furan rings is 1. The summed E-state index contributed by atoms with van der Waals surface area (Å²) in [5, 5.41) is 11.0. The third kappa shape index (κ3) is 1.93. The molecule has 0 amide bonds. The van der Waals surface area contributed by atoms with Gasteiger partial charge in [-0.3, -0.25) is 0 Å². The van der Waals surface area contributed by atoms with Gasteiger partial charge in [-0.1, -0.05) is 38.8 Å². The first-order valence-electron chi connectivity index (χ1n) is 8.43. The third-order valence-corrected chi connectivity index (χ3v) is 5.68. The Balaban J connectivity index is 1.99. The molecular weight excluding hydrogens is 272 g/mol. The molecule has 0 aliphatic heterocycles.